The number of halogens is 1. The minimum Gasteiger partial charge on any atom is -0.326 e. The van der Waals surface area contributed by atoms with E-state index in [9.17, 15) is 4.79 Å². The third-order valence-electron chi connectivity index (χ3n) is 2.89. The Labute approximate surface area is 120 Å². The molecule has 0 spiro atoms. The second kappa shape index (κ2) is 5.67. The van der Waals surface area contributed by atoms with Crippen LogP contribution in [0.1, 0.15) is 31.0 Å². The highest BCUT2D eigenvalue weighted by Crippen LogP contribution is 2.20. The van der Waals surface area contributed by atoms with Crippen LogP contribution in [0.3, 0.4) is 0 Å². The number of nitrogens with zero attached hydrogens (tertiary/aromatic N) is 2. The summed E-state index contributed by atoms with van der Waals surface area (Å²) in [6, 6.07) is 9.08. The predicted molar refractivity (Wildman–Crippen MR) is 79.5 cm³/mol. The lowest BCUT2D eigenvalue weighted by Gasteiger charge is -2.14. The number of hydrogen-bond donors (Lipinski definition) is 1. The lowest BCUT2D eigenvalue weighted by molar-refractivity contribution is 0.693. The van der Waals surface area contributed by atoms with Crippen LogP contribution in [0.4, 0.5) is 0 Å². The van der Waals surface area contributed by atoms with E-state index in [1.54, 1.807) is 6.07 Å². The molecule has 0 fully saturated rings. The van der Waals surface area contributed by atoms with Crippen molar-refractivity contribution in [2.45, 2.75) is 26.3 Å². The molecule has 2 aromatic rings. The third kappa shape index (κ3) is 2.77. The van der Waals surface area contributed by atoms with Gasteiger partial charge in [-0.1, -0.05) is 26.0 Å². The highest BCUT2D eigenvalue weighted by atomic mass is 79.9. The van der Waals surface area contributed by atoms with Gasteiger partial charge in [0, 0.05) is 17.1 Å². The molecule has 5 heteroatoms. The first-order valence-corrected chi connectivity index (χ1v) is 6.92. The predicted octanol–water partition coefficient (Wildman–Crippen LogP) is 2.58. The normalized spacial score (nSPS) is 11.0. The van der Waals surface area contributed by atoms with E-state index in [0.717, 1.165) is 21.4 Å². The Kier molecular flexibility index (Phi) is 4.17. The fourth-order valence-electron chi connectivity index (χ4n) is 1.95. The molecule has 0 radical (unpaired) electrons. The van der Waals surface area contributed by atoms with Crippen LogP contribution >= 0.6 is 15.9 Å². The molecule has 0 aliphatic rings. The van der Waals surface area contributed by atoms with E-state index >= 15 is 0 Å². The zero-order valence-corrected chi connectivity index (χ0v) is 12.5. The van der Waals surface area contributed by atoms with Crippen molar-refractivity contribution >= 4 is 15.9 Å². The summed E-state index contributed by atoms with van der Waals surface area (Å²) in [6.45, 7) is 4.40. The van der Waals surface area contributed by atoms with E-state index in [1.807, 2.05) is 38.1 Å². The highest BCUT2D eigenvalue weighted by molar-refractivity contribution is 9.10. The maximum atomic E-state index is 12.2. The van der Waals surface area contributed by atoms with Crippen LogP contribution in [-0.2, 0) is 6.54 Å². The number of nitrogens with two attached hydrogens (primary N) is 1. The van der Waals surface area contributed by atoms with Crippen molar-refractivity contribution < 1.29 is 0 Å². The van der Waals surface area contributed by atoms with Gasteiger partial charge in [0.05, 0.1) is 11.4 Å². The Balaban J connectivity index is 2.69. The summed E-state index contributed by atoms with van der Waals surface area (Å²) in [6.07, 6.45) is 0. The molecule has 0 saturated heterocycles. The van der Waals surface area contributed by atoms with Gasteiger partial charge in [0.2, 0.25) is 0 Å². The lowest BCUT2D eigenvalue weighted by atomic mass is 10.0. The first-order valence-electron chi connectivity index (χ1n) is 6.12. The van der Waals surface area contributed by atoms with E-state index in [2.05, 4.69) is 21.0 Å². The Morgan fingerprint density at radius 1 is 1.37 bits per heavy atom. The van der Waals surface area contributed by atoms with Gasteiger partial charge in [-0.2, -0.15) is 9.78 Å². The maximum absolute atomic E-state index is 12.2. The van der Waals surface area contributed by atoms with Crippen LogP contribution in [0, 0.1) is 0 Å². The van der Waals surface area contributed by atoms with Crippen LogP contribution in [0.25, 0.3) is 5.69 Å². The third-order valence-corrected chi connectivity index (χ3v) is 3.56. The molecule has 1 aromatic carbocycles. The number of aromatic nitrogens is 2. The number of para-hydroxylation sites is 1. The first kappa shape index (κ1) is 14.0. The van der Waals surface area contributed by atoms with Gasteiger partial charge in [0.1, 0.15) is 0 Å². The Bertz CT molecular complexity index is 649. The Hall–Kier alpha value is -1.46. The smallest absolute Gasteiger partial charge is 0.271 e. The van der Waals surface area contributed by atoms with E-state index < -0.39 is 0 Å². The summed E-state index contributed by atoms with van der Waals surface area (Å²) >= 11 is 3.44. The quantitative estimate of drug-likeness (QED) is 0.945. The van der Waals surface area contributed by atoms with Crippen molar-refractivity contribution in [1.82, 2.24) is 9.78 Å². The second-order valence-corrected chi connectivity index (χ2v) is 5.47. The molecular weight excluding hydrogens is 306 g/mol. The van der Waals surface area contributed by atoms with Crippen molar-refractivity contribution in [2.75, 3.05) is 0 Å². The summed E-state index contributed by atoms with van der Waals surface area (Å²) in [5.74, 6) is 0.216. The molecule has 19 heavy (non-hydrogen) atoms. The van der Waals surface area contributed by atoms with Crippen molar-refractivity contribution in [3.8, 4) is 5.69 Å². The SMILES string of the molecule is CC(C)c1nn(-c2ccccc2Br)c(=O)cc1CN. The number of rotatable bonds is 3. The van der Waals surface area contributed by atoms with Gasteiger partial charge in [0.15, 0.2) is 0 Å². The van der Waals surface area contributed by atoms with Gasteiger partial charge in [-0.05, 0) is 39.5 Å². The maximum Gasteiger partial charge on any atom is 0.271 e. The van der Waals surface area contributed by atoms with Crippen LogP contribution in [0.2, 0.25) is 0 Å². The molecule has 0 unspecified atom stereocenters. The summed E-state index contributed by atoms with van der Waals surface area (Å²) < 4.78 is 2.25. The van der Waals surface area contributed by atoms with Crippen LogP contribution in [0.5, 0.6) is 0 Å². The minimum atomic E-state index is -0.170. The van der Waals surface area contributed by atoms with Gasteiger partial charge in [0.25, 0.3) is 5.56 Å². The van der Waals surface area contributed by atoms with Gasteiger partial charge in [-0.3, -0.25) is 4.79 Å². The summed E-state index contributed by atoms with van der Waals surface area (Å²) in [5.41, 5.74) is 7.91. The molecule has 0 amide bonds. The molecule has 0 bridgehead atoms. The molecule has 1 heterocycles. The molecule has 4 nitrogen and oxygen atoms in total. The molecule has 2 N–H and O–H groups in total. The highest BCUT2D eigenvalue weighted by Gasteiger charge is 2.13. The fourth-order valence-corrected chi connectivity index (χ4v) is 2.40. The molecule has 100 valence electrons. The van der Waals surface area contributed by atoms with E-state index in [4.69, 9.17) is 5.73 Å². The van der Waals surface area contributed by atoms with Crippen molar-refractivity contribution in [1.29, 1.82) is 0 Å². The van der Waals surface area contributed by atoms with Crippen molar-refractivity contribution in [3.63, 3.8) is 0 Å². The number of benzene rings is 1. The van der Waals surface area contributed by atoms with Gasteiger partial charge in [-0.25, -0.2) is 0 Å². The van der Waals surface area contributed by atoms with Gasteiger partial charge >= 0.3 is 0 Å². The van der Waals surface area contributed by atoms with Crippen LogP contribution in [0.15, 0.2) is 39.6 Å². The van der Waals surface area contributed by atoms with Gasteiger partial charge in [-0.15, -0.1) is 0 Å². The Morgan fingerprint density at radius 2 is 2.05 bits per heavy atom. The summed E-state index contributed by atoms with van der Waals surface area (Å²) in [7, 11) is 0. The molecule has 2 rings (SSSR count). The fraction of sp³-hybridized carbons (Fsp3) is 0.286. The van der Waals surface area contributed by atoms with Crippen molar-refractivity contribution in [2.24, 2.45) is 5.73 Å². The summed E-state index contributed by atoms with van der Waals surface area (Å²) in [4.78, 5) is 12.2. The monoisotopic (exact) mass is 321 g/mol. The molecular formula is C14H16BrN3O. The lowest BCUT2D eigenvalue weighted by Crippen LogP contribution is -2.25. The van der Waals surface area contributed by atoms with Crippen LogP contribution < -0.4 is 11.3 Å². The molecule has 1 aromatic heterocycles. The molecule has 0 aliphatic heterocycles. The van der Waals surface area contributed by atoms with Gasteiger partial charge < -0.3 is 5.73 Å². The molecule has 0 saturated carbocycles. The average molecular weight is 322 g/mol. The molecule has 0 atom stereocenters. The van der Waals surface area contributed by atoms with E-state index in [0.29, 0.717) is 6.54 Å². The van der Waals surface area contributed by atoms with Crippen molar-refractivity contribution in [3.05, 3.63) is 56.4 Å². The minimum absolute atomic E-state index is 0.170. The standard InChI is InChI=1S/C14H16BrN3O/c1-9(2)14-10(8-16)7-13(19)18(17-14)12-6-4-3-5-11(12)15/h3-7,9H,8,16H2,1-2H3. The molecule has 0 aliphatic carbocycles. The second-order valence-electron chi connectivity index (χ2n) is 4.62. The average Bonchev–Trinajstić information content (AvgIpc) is 2.39. The first-order chi connectivity index (χ1) is 9.04. The number of hydrogen-bond acceptors (Lipinski definition) is 3. The Morgan fingerprint density at radius 3 is 2.63 bits per heavy atom. The zero-order chi connectivity index (χ0) is 14.0. The van der Waals surface area contributed by atoms with Crippen LogP contribution in [-0.4, -0.2) is 9.78 Å². The largest absolute Gasteiger partial charge is 0.326 e. The summed E-state index contributed by atoms with van der Waals surface area (Å²) in [5, 5.41) is 4.47. The van der Waals surface area contributed by atoms with E-state index in [-0.39, 0.29) is 11.5 Å². The van der Waals surface area contributed by atoms with E-state index in [1.165, 1.54) is 4.68 Å². The topological polar surface area (TPSA) is 60.9 Å². The zero-order valence-electron chi connectivity index (χ0n) is 10.9.